The predicted molar refractivity (Wildman–Crippen MR) is 91.7 cm³/mol. The summed E-state index contributed by atoms with van der Waals surface area (Å²) in [6, 6.07) is 9.16. The summed E-state index contributed by atoms with van der Waals surface area (Å²) < 4.78 is 0. The van der Waals surface area contributed by atoms with Crippen LogP contribution in [0.4, 0.5) is 0 Å². The lowest BCUT2D eigenvalue weighted by Crippen LogP contribution is -2.33. The summed E-state index contributed by atoms with van der Waals surface area (Å²) >= 11 is 4.20. The van der Waals surface area contributed by atoms with E-state index in [1.54, 1.807) is 0 Å². The molecule has 1 aromatic heterocycles. The molecule has 0 radical (unpaired) electrons. The summed E-state index contributed by atoms with van der Waals surface area (Å²) in [5, 5.41) is 6.94. The molecule has 4 heteroatoms. The molecule has 2 heterocycles. The van der Waals surface area contributed by atoms with Crippen molar-refractivity contribution < 1.29 is 0 Å². The third kappa shape index (κ3) is 2.97. The van der Waals surface area contributed by atoms with Gasteiger partial charge in [-0.3, -0.25) is 4.98 Å². The van der Waals surface area contributed by atoms with Gasteiger partial charge in [0.05, 0.1) is 0 Å². The lowest BCUT2D eigenvalue weighted by molar-refractivity contribution is 0.554. The molecule has 2 unspecified atom stereocenters. The number of thioether (sulfide) groups is 2. The van der Waals surface area contributed by atoms with Crippen LogP contribution < -0.4 is 5.32 Å². The molecular formula is C16H20N2S2. The Labute approximate surface area is 129 Å². The number of rotatable bonds is 4. The molecular weight excluding hydrogens is 284 g/mol. The van der Waals surface area contributed by atoms with Gasteiger partial charge in [-0.25, -0.2) is 0 Å². The second-order valence-electron chi connectivity index (χ2n) is 4.96. The summed E-state index contributed by atoms with van der Waals surface area (Å²) in [7, 11) is 0. The van der Waals surface area contributed by atoms with Crippen LogP contribution in [-0.2, 0) is 0 Å². The van der Waals surface area contributed by atoms with Crippen LogP contribution in [0.5, 0.6) is 0 Å². The van der Waals surface area contributed by atoms with Gasteiger partial charge in [-0.2, -0.15) is 23.5 Å². The molecule has 0 amide bonds. The zero-order chi connectivity index (χ0) is 13.8. The normalized spacial score (nSPS) is 20.9. The zero-order valence-corrected chi connectivity index (χ0v) is 13.3. The minimum Gasteiger partial charge on any atom is -0.309 e. The Balaban J connectivity index is 2.00. The fourth-order valence-electron chi connectivity index (χ4n) is 2.78. The first kappa shape index (κ1) is 14.2. The van der Waals surface area contributed by atoms with E-state index in [0.29, 0.717) is 11.3 Å². The number of hydrogen-bond acceptors (Lipinski definition) is 4. The van der Waals surface area contributed by atoms with E-state index in [2.05, 4.69) is 65.0 Å². The molecule has 1 fully saturated rings. The van der Waals surface area contributed by atoms with Gasteiger partial charge < -0.3 is 5.32 Å². The first-order valence-electron chi connectivity index (χ1n) is 7.15. The first-order chi connectivity index (χ1) is 9.90. The monoisotopic (exact) mass is 304 g/mol. The molecule has 1 aliphatic rings. The van der Waals surface area contributed by atoms with Gasteiger partial charge >= 0.3 is 0 Å². The number of nitrogens with zero attached hydrogens (tertiary/aromatic N) is 1. The van der Waals surface area contributed by atoms with E-state index in [1.807, 2.05) is 12.4 Å². The lowest BCUT2D eigenvalue weighted by atomic mass is 9.98. The maximum atomic E-state index is 4.24. The first-order valence-corrected chi connectivity index (χ1v) is 9.36. The highest BCUT2D eigenvalue weighted by atomic mass is 32.2. The third-order valence-electron chi connectivity index (χ3n) is 3.69. The van der Waals surface area contributed by atoms with E-state index in [1.165, 1.54) is 33.6 Å². The molecule has 1 aromatic carbocycles. The van der Waals surface area contributed by atoms with Crippen molar-refractivity contribution >= 4 is 34.3 Å². The Bertz CT molecular complexity index is 562. The number of nitrogens with one attached hydrogen (secondary N) is 1. The lowest BCUT2D eigenvalue weighted by Gasteiger charge is -2.31. The third-order valence-corrected chi connectivity index (χ3v) is 6.55. The molecule has 1 saturated heterocycles. The van der Waals surface area contributed by atoms with Crippen molar-refractivity contribution in [2.75, 3.05) is 23.8 Å². The molecule has 2 nitrogen and oxygen atoms in total. The van der Waals surface area contributed by atoms with E-state index >= 15 is 0 Å². The van der Waals surface area contributed by atoms with Crippen LogP contribution in [0, 0.1) is 0 Å². The van der Waals surface area contributed by atoms with Crippen molar-refractivity contribution in [3.05, 3.63) is 42.2 Å². The van der Waals surface area contributed by atoms with E-state index in [9.17, 15) is 0 Å². The van der Waals surface area contributed by atoms with Gasteiger partial charge in [0.25, 0.3) is 0 Å². The highest BCUT2D eigenvalue weighted by molar-refractivity contribution is 8.06. The molecule has 1 N–H and O–H groups in total. The van der Waals surface area contributed by atoms with Crippen molar-refractivity contribution in [3.8, 4) is 0 Å². The Morgan fingerprint density at radius 1 is 1.35 bits per heavy atom. The van der Waals surface area contributed by atoms with Crippen LogP contribution in [0.2, 0.25) is 0 Å². The summed E-state index contributed by atoms with van der Waals surface area (Å²) in [6.45, 7) is 3.20. The Morgan fingerprint density at radius 2 is 2.30 bits per heavy atom. The molecule has 0 saturated carbocycles. The van der Waals surface area contributed by atoms with Crippen molar-refractivity contribution in [2.24, 2.45) is 0 Å². The van der Waals surface area contributed by atoms with Gasteiger partial charge in [-0.05, 0) is 23.6 Å². The number of aromatic nitrogens is 1. The van der Waals surface area contributed by atoms with Crippen LogP contribution >= 0.6 is 23.5 Å². The minimum atomic E-state index is 0.434. The molecule has 0 bridgehead atoms. The largest absolute Gasteiger partial charge is 0.309 e. The van der Waals surface area contributed by atoms with E-state index in [0.717, 1.165) is 6.54 Å². The number of pyridine rings is 1. The highest BCUT2D eigenvalue weighted by Gasteiger charge is 2.26. The average molecular weight is 304 g/mol. The topological polar surface area (TPSA) is 24.9 Å². The maximum Gasteiger partial charge on any atom is 0.0454 e. The van der Waals surface area contributed by atoms with Gasteiger partial charge in [0.1, 0.15) is 0 Å². The van der Waals surface area contributed by atoms with Gasteiger partial charge in [0.15, 0.2) is 0 Å². The quantitative estimate of drug-likeness (QED) is 0.930. The standard InChI is InChI=1S/C16H20N2S2/c1-2-18-16(15-11-19-8-9-20-15)14-5-3-4-12-10-17-7-6-13(12)14/h3-7,10,15-16,18H,2,8-9,11H2,1H3. The molecule has 1 aliphatic heterocycles. The fourth-order valence-corrected chi connectivity index (χ4v) is 5.64. The van der Waals surface area contributed by atoms with Gasteiger partial charge in [0.2, 0.25) is 0 Å². The van der Waals surface area contributed by atoms with E-state index in [4.69, 9.17) is 0 Å². The number of benzene rings is 1. The minimum absolute atomic E-state index is 0.434. The number of hydrogen-bond donors (Lipinski definition) is 1. The fraction of sp³-hybridized carbons (Fsp3) is 0.438. The molecule has 3 rings (SSSR count). The smallest absolute Gasteiger partial charge is 0.0454 e. The Hall–Kier alpha value is -0.710. The van der Waals surface area contributed by atoms with Crippen molar-refractivity contribution in [3.63, 3.8) is 0 Å². The summed E-state index contributed by atoms with van der Waals surface area (Å²) in [5.74, 6) is 3.80. The summed E-state index contributed by atoms with van der Waals surface area (Å²) in [6.07, 6.45) is 3.86. The molecule has 2 aromatic rings. The summed E-state index contributed by atoms with van der Waals surface area (Å²) in [5.41, 5.74) is 1.42. The molecule has 0 aliphatic carbocycles. The van der Waals surface area contributed by atoms with Crippen LogP contribution in [-0.4, -0.2) is 34.0 Å². The molecule has 0 spiro atoms. The molecule has 2 atom stereocenters. The van der Waals surface area contributed by atoms with Gasteiger partial charge in [-0.15, -0.1) is 0 Å². The number of fused-ring (bicyclic) bond motifs is 1. The second kappa shape index (κ2) is 6.83. The highest BCUT2D eigenvalue weighted by Crippen LogP contribution is 2.36. The van der Waals surface area contributed by atoms with Crippen molar-refractivity contribution in [2.45, 2.75) is 18.2 Å². The van der Waals surface area contributed by atoms with Gasteiger partial charge in [-0.1, -0.05) is 25.1 Å². The Morgan fingerprint density at radius 3 is 3.10 bits per heavy atom. The maximum absolute atomic E-state index is 4.24. The molecule has 20 heavy (non-hydrogen) atoms. The SMILES string of the molecule is CCNC(c1cccc2cnccc12)C1CSCCS1. The van der Waals surface area contributed by atoms with E-state index < -0.39 is 0 Å². The van der Waals surface area contributed by atoms with Crippen LogP contribution in [0.1, 0.15) is 18.5 Å². The van der Waals surface area contributed by atoms with Crippen LogP contribution in [0.15, 0.2) is 36.7 Å². The van der Waals surface area contributed by atoms with Crippen molar-refractivity contribution in [1.82, 2.24) is 10.3 Å². The van der Waals surface area contributed by atoms with Gasteiger partial charge in [0, 0.05) is 46.3 Å². The van der Waals surface area contributed by atoms with Crippen LogP contribution in [0.25, 0.3) is 10.8 Å². The van der Waals surface area contributed by atoms with Crippen molar-refractivity contribution in [1.29, 1.82) is 0 Å². The summed E-state index contributed by atoms with van der Waals surface area (Å²) in [4.78, 5) is 4.24. The Kier molecular flexibility index (Phi) is 4.86. The predicted octanol–water partition coefficient (Wildman–Crippen LogP) is 3.73. The zero-order valence-electron chi connectivity index (χ0n) is 11.7. The average Bonchev–Trinajstić information content (AvgIpc) is 2.53. The van der Waals surface area contributed by atoms with Crippen LogP contribution in [0.3, 0.4) is 0 Å². The van der Waals surface area contributed by atoms with E-state index in [-0.39, 0.29) is 0 Å². The molecule has 106 valence electrons. The second-order valence-corrected chi connectivity index (χ2v) is 7.46.